The summed E-state index contributed by atoms with van der Waals surface area (Å²) in [4.78, 5) is 24.7. The van der Waals surface area contributed by atoms with Crippen molar-refractivity contribution in [3.8, 4) is 6.07 Å². The van der Waals surface area contributed by atoms with Crippen molar-refractivity contribution < 1.29 is 0 Å². The van der Waals surface area contributed by atoms with Crippen molar-refractivity contribution in [2.24, 2.45) is 0 Å². The van der Waals surface area contributed by atoms with Gasteiger partial charge in [0, 0.05) is 12.2 Å². The molecule has 14 heavy (non-hydrogen) atoms. The second-order valence-electron chi connectivity index (χ2n) is 2.79. The number of hydrogen-bond donors (Lipinski definition) is 1. The molecule has 0 saturated heterocycles. The van der Waals surface area contributed by atoms with Crippen LogP contribution in [-0.2, 0) is 13.0 Å². The Bertz CT molecular complexity index is 490. The Hall–Kier alpha value is -1.83. The zero-order valence-electron chi connectivity index (χ0n) is 8.13. The highest BCUT2D eigenvalue weighted by atomic mass is 16.2. The lowest BCUT2D eigenvalue weighted by molar-refractivity contribution is 0.648. The molecule has 0 aliphatic carbocycles. The van der Waals surface area contributed by atoms with Crippen LogP contribution < -0.4 is 11.2 Å². The van der Waals surface area contributed by atoms with Gasteiger partial charge in [-0.15, -0.1) is 0 Å². The summed E-state index contributed by atoms with van der Waals surface area (Å²) < 4.78 is 1.40. The molecule has 0 radical (unpaired) electrons. The van der Waals surface area contributed by atoms with Crippen molar-refractivity contribution in [2.45, 2.75) is 26.8 Å². The predicted molar refractivity (Wildman–Crippen MR) is 51.1 cm³/mol. The fourth-order valence-corrected chi connectivity index (χ4v) is 1.43. The van der Waals surface area contributed by atoms with Crippen LogP contribution in [0.2, 0.25) is 0 Å². The van der Waals surface area contributed by atoms with Gasteiger partial charge in [-0.3, -0.25) is 14.3 Å². The summed E-state index contributed by atoms with van der Waals surface area (Å²) in [5.41, 5.74) is -0.509. The van der Waals surface area contributed by atoms with E-state index in [-0.39, 0.29) is 5.56 Å². The maximum atomic E-state index is 11.3. The van der Waals surface area contributed by atoms with Gasteiger partial charge in [-0.05, 0) is 13.3 Å². The van der Waals surface area contributed by atoms with E-state index in [1.165, 1.54) is 4.57 Å². The van der Waals surface area contributed by atoms with Gasteiger partial charge >= 0.3 is 5.69 Å². The zero-order chi connectivity index (χ0) is 10.7. The number of H-pyrrole nitrogens is 1. The minimum atomic E-state index is -0.598. The van der Waals surface area contributed by atoms with Gasteiger partial charge in [0.2, 0.25) is 0 Å². The molecule has 0 aliphatic heterocycles. The third kappa shape index (κ3) is 1.46. The molecule has 74 valence electrons. The van der Waals surface area contributed by atoms with Crippen LogP contribution in [0, 0.1) is 11.3 Å². The molecule has 1 rings (SSSR count). The molecule has 1 aromatic heterocycles. The largest absolute Gasteiger partial charge is 0.328 e. The number of nitrogens with one attached hydrogen (secondary N) is 1. The van der Waals surface area contributed by atoms with Gasteiger partial charge in [0.15, 0.2) is 0 Å². The molecular weight excluding hydrogens is 182 g/mol. The van der Waals surface area contributed by atoms with Gasteiger partial charge in [0.05, 0.1) is 0 Å². The highest BCUT2D eigenvalue weighted by molar-refractivity contribution is 5.30. The third-order valence-corrected chi connectivity index (χ3v) is 2.07. The normalized spacial score (nSPS) is 9.79. The summed E-state index contributed by atoms with van der Waals surface area (Å²) >= 11 is 0. The minimum Gasteiger partial charge on any atom is -0.297 e. The van der Waals surface area contributed by atoms with Crippen molar-refractivity contribution in [3.63, 3.8) is 0 Å². The first kappa shape index (κ1) is 10.3. The number of nitriles is 1. The molecule has 5 nitrogen and oxygen atoms in total. The number of rotatable bonds is 2. The molecule has 0 bridgehead atoms. The highest BCUT2D eigenvalue weighted by Crippen LogP contribution is 2.00. The van der Waals surface area contributed by atoms with Crippen LogP contribution in [-0.4, -0.2) is 9.55 Å². The second-order valence-corrected chi connectivity index (χ2v) is 2.79. The van der Waals surface area contributed by atoms with Crippen molar-refractivity contribution in [1.82, 2.24) is 9.55 Å². The van der Waals surface area contributed by atoms with E-state index < -0.39 is 11.2 Å². The smallest absolute Gasteiger partial charge is 0.297 e. The molecule has 0 aliphatic rings. The maximum absolute atomic E-state index is 11.3. The Balaban J connectivity index is 3.71. The summed E-state index contributed by atoms with van der Waals surface area (Å²) in [6.07, 6.45) is 0.496. The van der Waals surface area contributed by atoms with Gasteiger partial charge in [-0.1, -0.05) is 6.92 Å². The van der Waals surface area contributed by atoms with Crippen LogP contribution in [0.4, 0.5) is 0 Å². The standard InChI is InChI=1S/C9H11N3O2/c1-3-7-6(5-10)8(13)11-9(14)12(7)4-2/h3-4H2,1-2H3,(H,11,13,14). The van der Waals surface area contributed by atoms with Crippen LogP contribution >= 0.6 is 0 Å². The van der Waals surface area contributed by atoms with Gasteiger partial charge in [0.25, 0.3) is 5.56 Å². The number of nitrogens with zero attached hydrogens (tertiary/aromatic N) is 2. The molecule has 0 aromatic carbocycles. The second kappa shape index (κ2) is 3.92. The Morgan fingerprint density at radius 2 is 2.07 bits per heavy atom. The number of hydrogen-bond acceptors (Lipinski definition) is 3. The number of aromatic nitrogens is 2. The molecule has 0 unspecified atom stereocenters. The van der Waals surface area contributed by atoms with E-state index >= 15 is 0 Å². The topological polar surface area (TPSA) is 78.7 Å². The molecule has 0 spiro atoms. The minimum absolute atomic E-state index is 0.0361. The molecule has 0 atom stereocenters. The SMILES string of the molecule is CCc1c(C#N)c(=O)[nH]c(=O)n1CC. The van der Waals surface area contributed by atoms with Crippen molar-refractivity contribution in [1.29, 1.82) is 5.26 Å². The van der Waals surface area contributed by atoms with E-state index in [0.29, 0.717) is 18.7 Å². The predicted octanol–water partition coefficient (Wildman–Crippen LogP) is -0.00942. The molecule has 0 amide bonds. The fraction of sp³-hybridized carbons (Fsp3) is 0.444. The van der Waals surface area contributed by atoms with Gasteiger partial charge in [0.1, 0.15) is 11.6 Å². The zero-order valence-corrected chi connectivity index (χ0v) is 8.13. The molecule has 1 aromatic rings. The van der Waals surface area contributed by atoms with Crippen molar-refractivity contribution in [3.05, 3.63) is 32.1 Å². The van der Waals surface area contributed by atoms with E-state index in [2.05, 4.69) is 4.98 Å². The molecular formula is C9H11N3O2. The number of aromatic amines is 1. The fourth-order valence-electron chi connectivity index (χ4n) is 1.43. The average molecular weight is 193 g/mol. The monoisotopic (exact) mass is 193 g/mol. The molecule has 5 heteroatoms. The molecule has 1 heterocycles. The summed E-state index contributed by atoms with van der Waals surface area (Å²) in [5, 5.41) is 8.76. The summed E-state index contributed by atoms with van der Waals surface area (Å²) in [6, 6.07) is 1.81. The van der Waals surface area contributed by atoms with Gasteiger partial charge in [-0.2, -0.15) is 5.26 Å². The lowest BCUT2D eigenvalue weighted by atomic mass is 10.2. The quantitative estimate of drug-likeness (QED) is 0.717. The van der Waals surface area contributed by atoms with Crippen LogP contribution in [0.25, 0.3) is 0 Å². The van der Waals surface area contributed by atoms with E-state index in [1.54, 1.807) is 13.8 Å². The average Bonchev–Trinajstić information content (AvgIpc) is 2.16. The lowest BCUT2D eigenvalue weighted by Crippen LogP contribution is -2.34. The molecule has 0 saturated carbocycles. The van der Waals surface area contributed by atoms with Crippen LogP contribution in [0.15, 0.2) is 9.59 Å². The molecule has 0 fully saturated rings. The summed E-state index contributed by atoms with van der Waals surface area (Å²) in [7, 11) is 0. The first-order chi connectivity index (χ1) is 6.65. The van der Waals surface area contributed by atoms with Crippen LogP contribution in [0.1, 0.15) is 25.1 Å². The summed E-state index contributed by atoms with van der Waals surface area (Å²) in [5.74, 6) is 0. The van der Waals surface area contributed by atoms with E-state index in [4.69, 9.17) is 5.26 Å². The molecule has 1 N–H and O–H groups in total. The van der Waals surface area contributed by atoms with E-state index in [9.17, 15) is 9.59 Å². The highest BCUT2D eigenvalue weighted by Gasteiger charge is 2.11. The van der Waals surface area contributed by atoms with Crippen LogP contribution in [0.3, 0.4) is 0 Å². The van der Waals surface area contributed by atoms with Gasteiger partial charge < -0.3 is 0 Å². The van der Waals surface area contributed by atoms with Crippen LogP contribution in [0.5, 0.6) is 0 Å². The van der Waals surface area contributed by atoms with E-state index in [0.717, 1.165) is 0 Å². The Morgan fingerprint density at radius 1 is 1.43 bits per heavy atom. The summed E-state index contributed by atoms with van der Waals surface area (Å²) in [6.45, 7) is 4.05. The van der Waals surface area contributed by atoms with Crippen molar-refractivity contribution in [2.75, 3.05) is 0 Å². The van der Waals surface area contributed by atoms with Crippen molar-refractivity contribution >= 4 is 0 Å². The lowest BCUT2D eigenvalue weighted by Gasteiger charge is -2.08. The Labute approximate surface area is 80.6 Å². The maximum Gasteiger partial charge on any atom is 0.328 e. The first-order valence-corrected chi connectivity index (χ1v) is 4.41. The van der Waals surface area contributed by atoms with Gasteiger partial charge in [-0.25, -0.2) is 4.79 Å². The van der Waals surface area contributed by atoms with E-state index in [1.807, 2.05) is 6.07 Å². The Morgan fingerprint density at radius 3 is 2.50 bits per heavy atom. The third-order valence-electron chi connectivity index (χ3n) is 2.07. The Kier molecular flexibility index (Phi) is 2.87. The first-order valence-electron chi connectivity index (χ1n) is 4.41.